The van der Waals surface area contributed by atoms with Gasteiger partial charge in [-0.3, -0.25) is 9.59 Å². The molecule has 0 radical (unpaired) electrons. The smallest absolute Gasteiger partial charge is 0.290 e. The molecule has 0 aliphatic carbocycles. The van der Waals surface area contributed by atoms with Crippen molar-refractivity contribution in [1.82, 2.24) is 4.90 Å². The average Bonchev–Trinajstić information content (AvgIpc) is 3.41. The fourth-order valence-corrected chi connectivity index (χ4v) is 4.32. The molecule has 5 rings (SSSR count). The molecule has 1 unspecified atom stereocenters. The number of benzene rings is 2. The number of amides is 1. The standard InChI is InChI=1S/C25H23NO8/c1-30-9-8-26-21(14-6-7-16-18(12-14)33-11-10-32-16)20(23(28)25(26)29)22(27)19-13-15-4-3-5-17(31-2)24(15)34-19/h3-7,12-13,21,28H,8-11H2,1-2H3. The topological polar surface area (TPSA) is 108 Å². The molecule has 2 aliphatic rings. The van der Waals surface area contributed by atoms with E-state index in [-0.39, 0.29) is 24.5 Å². The molecule has 2 aromatic carbocycles. The average molecular weight is 465 g/mol. The highest BCUT2D eigenvalue weighted by Gasteiger charge is 2.44. The van der Waals surface area contributed by atoms with Gasteiger partial charge < -0.3 is 33.4 Å². The highest BCUT2D eigenvalue weighted by Crippen LogP contribution is 2.42. The number of furan rings is 1. The second kappa shape index (κ2) is 8.75. The van der Waals surface area contributed by atoms with Gasteiger partial charge in [0.05, 0.1) is 25.3 Å². The molecule has 1 aromatic heterocycles. The summed E-state index contributed by atoms with van der Waals surface area (Å²) in [4.78, 5) is 28.1. The van der Waals surface area contributed by atoms with Crippen LogP contribution in [-0.4, -0.2) is 62.3 Å². The van der Waals surface area contributed by atoms with Crippen molar-refractivity contribution in [3.63, 3.8) is 0 Å². The number of carbonyl (C=O) groups is 2. The SMILES string of the molecule is COCCN1C(=O)C(O)=C(C(=O)c2cc3cccc(OC)c3o2)C1c1ccc2c(c1)OCCO2. The molecule has 3 heterocycles. The second-order valence-corrected chi connectivity index (χ2v) is 7.88. The third kappa shape index (κ3) is 3.54. The molecule has 0 bridgehead atoms. The Morgan fingerprint density at radius 1 is 1.12 bits per heavy atom. The number of methoxy groups -OCH3 is 2. The zero-order valence-electron chi connectivity index (χ0n) is 18.7. The van der Waals surface area contributed by atoms with Crippen LogP contribution in [0.3, 0.4) is 0 Å². The van der Waals surface area contributed by atoms with Gasteiger partial charge in [-0.1, -0.05) is 18.2 Å². The first-order chi connectivity index (χ1) is 16.5. The highest BCUT2D eigenvalue weighted by atomic mass is 16.6. The minimum atomic E-state index is -0.860. The molecule has 34 heavy (non-hydrogen) atoms. The number of aliphatic hydroxyl groups is 1. The Balaban J connectivity index is 1.60. The Morgan fingerprint density at radius 2 is 1.91 bits per heavy atom. The van der Waals surface area contributed by atoms with Gasteiger partial charge >= 0.3 is 0 Å². The number of nitrogens with zero attached hydrogens (tertiary/aromatic N) is 1. The highest BCUT2D eigenvalue weighted by molar-refractivity contribution is 6.16. The van der Waals surface area contributed by atoms with Gasteiger partial charge in [0.25, 0.3) is 5.91 Å². The van der Waals surface area contributed by atoms with E-state index in [2.05, 4.69) is 0 Å². The van der Waals surface area contributed by atoms with Gasteiger partial charge in [-0.05, 0) is 29.8 Å². The quantitative estimate of drug-likeness (QED) is 0.529. The normalized spacial score (nSPS) is 17.5. The molecule has 9 heteroatoms. The molecule has 176 valence electrons. The van der Waals surface area contributed by atoms with Crippen molar-refractivity contribution < 1.29 is 38.1 Å². The summed E-state index contributed by atoms with van der Waals surface area (Å²) in [5.74, 6) is -0.318. The van der Waals surface area contributed by atoms with Gasteiger partial charge in [-0.25, -0.2) is 0 Å². The summed E-state index contributed by atoms with van der Waals surface area (Å²) >= 11 is 0. The zero-order chi connectivity index (χ0) is 23.8. The fourth-order valence-electron chi connectivity index (χ4n) is 4.32. The van der Waals surface area contributed by atoms with Gasteiger partial charge in [0.1, 0.15) is 13.2 Å². The number of fused-ring (bicyclic) bond motifs is 2. The van der Waals surface area contributed by atoms with Crippen LogP contribution in [-0.2, 0) is 9.53 Å². The Morgan fingerprint density at radius 3 is 2.68 bits per heavy atom. The van der Waals surface area contributed by atoms with E-state index < -0.39 is 23.5 Å². The van der Waals surface area contributed by atoms with Crippen LogP contribution in [0.4, 0.5) is 0 Å². The number of carbonyl (C=O) groups excluding carboxylic acids is 2. The van der Waals surface area contributed by atoms with Crippen LogP contribution < -0.4 is 14.2 Å². The fraction of sp³-hybridized carbons (Fsp3) is 0.280. The number of ketones is 1. The van der Waals surface area contributed by atoms with E-state index >= 15 is 0 Å². The molecule has 2 aliphatic heterocycles. The molecule has 0 spiro atoms. The van der Waals surface area contributed by atoms with Gasteiger partial charge in [0, 0.05) is 19.0 Å². The maximum atomic E-state index is 13.6. The van der Waals surface area contributed by atoms with Crippen LogP contribution >= 0.6 is 0 Å². The lowest BCUT2D eigenvalue weighted by Crippen LogP contribution is -2.34. The summed E-state index contributed by atoms with van der Waals surface area (Å²) in [7, 11) is 3.02. The third-order valence-corrected chi connectivity index (χ3v) is 5.92. The molecule has 1 amide bonds. The lowest BCUT2D eigenvalue weighted by atomic mass is 9.94. The van der Waals surface area contributed by atoms with E-state index in [4.69, 9.17) is 23.4 Å². The second-order valence-electron chi connectivity index (χ2n) is 7.88. The predicted molar refractivity (Wildman–Crippen MR) is 121 cm³/mol. The number of hydrogen-bond acceptors (Lipinski definition) is 8. The van der Waals surface area contributed by atoms with Crippen LogP contribution in [0.5, 0.6) is 17.2 Å². The first kappa shape index (κ1) is 21.8. The van der Waals surface area contributed by atoms with Crippen molar-refractivity contribution in [2.24, 2.45) is 0 Å². The first-order valence-electron chi connectivity index (χ1n) is 10.8. The van der Waals surface area contributed by atoms with Crippen molar-refractivity contribution in [3.05, 3.63) is 65.1 Å². The van der Waals surface area contributed by atoms with Crippen molar-refractivity contribution in [2.75, 3.05) is 40.6 Å². The molecular weight excluding hydrogens is 442 g/mol. The predicted octanol–water partition coefficient (Wildman–Crippen LogP) is 3.44. The van der Waals surface area contributed by atoms with Gasteiger partial charge in [-0.2, -0.15) is 0 Å². The van der Waals surface area contributed by atoms with Crippen LogP contribution in [0.15, 0.2) is 58.2 Å². The van der Waals surface area contributed by atoms with E-state index in [1.165, 1.54) is 19.1 Å². The van der Waals surface area contributed by atoms with E-state index in [9.17, 15) is 14.7 Å². The maximum Gasteiger partial charge on any atom is 0.290 e. The summed E-state index contributed by atoms with van der Waals surface area (Å²) in [6, 6.07) is 11.2. The van der Waals surface area contributed by atoms with Crippen LogP contribution in [0.2, 0.25) is 0 Å². The Labute approximate surface area is 195 Å². The molecule has 9 nitrogen and oxygen atoms in total. The number of aliphatic hydroxyl groups excluding tert-OH is 1. The van der Waals surface area contributed by atoms with Crippen molar-refractivity contribution in [2.45, 2.75) is 6.04 Å². The molecule has 3 aromatic rings. The van der Waals surface area contributed by atoms with E-state index in [1.54, 1.807) is 42.5 Å². The Bertz CT molecular complexity index is 1310. The van der Waals surface area contributed by atoms with Crippen molar-refractivity contribution in [1.29, 1.82) is 0 Å². The number of rotatable bonds is 7. The summed E-state index contributed by atoms with van der Waals surface area (Å²) < 4.78 is 27.6. The molecule has 0 fully saturated rings. The van der Waals surface area contributed by atoms with Gasteiger partial charge in [0.2, 0.25) is 5.78 Å². The lowest BCUT2D eigenvalue weighted by Gasteiger charge is -2.27. The van der Waals surface area contributed by atoms with Crippen molar-refractivity contribution >= 4 is 22.7 Å². The monoisotopic (exact) mass is 465 g/mol. The van der Waals surface area contributed by atoms with Crippen LogP contribution in [0.1, 0.15) is 22.2 Å². The minimum Gasteiger partial charge on any atom is -0.503 e. The molecule has 1 N–H and O–H groups in total. The van der Waals surface area contributed by atoms with Crippen molar-refractivity contribution in [3.8, 4) is 17.2 Å². The first-order valence-corrected chi connectivity index (χ1v) is 10.8. The zero-order valence-corrected chi connectivity index (χ0v) is 18.7. The number of para-hydroxylation sites is 1. The summed E-state index contributed by atoms with van der Waals surface area (Å²) in [6.45, 7) is 1.22. The summed E-state index contributed by atoms with van der Waals surface area (Å²) in [6.07, 6.45) is 0. The molecular formula is C25H23NO8. The van der Waals surface area contributed by atoms with Gasteiger partial charge in [0.15, 0.2) is 34.4 Å². The summed E-state index contributed by atoms with van der Waals surface area (Å²) in [5, 5.41) is 11.5. The Hall–Kier alpha value is -3.98. The molecule has 0 saturated carbocycles. The van der Waals surface area contributed by atoms with E-state index in [1.807, 2.05) is 0 Å². The third-order valence-electron chi connectivity index (χ3n) is 5.92. The minimum absolute atomic E-state index is 0.00927. The lowest BCUT2D eigenvalue weighted by molar-refractivity contribution is -0.130. The summed E-state index contributed by atoms with van der Waals surface area (Å²) in [5.41, 5.74) is 0.926. The van der Waals surface area contributed by atoms with Crippen LogP contribution in [0.25, 0.3) is 11.0 Å². The number of Topliss-reactive ketones (excluding diaryl/α,β-unsaturated/α-hetero) is 1. The molecule has 1 atom stereocenters. The number of hydrogen-bond donors (Lipinski definition) is 1. The molecule has 0 saturated heterocycles. The van der Waals surface area contributed by atoms with E-state index in [0.717, 1.165) is 0 Å². The maximum absolute atomic E-state index is 13.6. The van der Waals surface area contributed by atoms with Gasteiger partial charge in [-0.15, -0.1) is 0 Å². The Kier molecular flexibility index (Phi) is 5.62. The van der Waals surface area contributed by atoms with E-state index in [0.29, 0.717) is 47.0 Å². The number of ether oxygens (including phenoxy) is 4. The largest absolute Gasteiger partial charge is 0.503 e. The van der Waals surface area contributed by atoms with Crippen LogP contribution in [0, 0.1) is 0 Å².